The summed E-state index contributed by atoms with van der Waals surface area (Å²) in [5.41, 5.74) is 2.81. The van der Waals surface area contributed by atoms with Gasteiger partial charge in [-0.15, -0.1) is 0 Å². The van der Waals surface area contributed by atoms with Crippen LogP contribution in [0.2, 0.25) is 0 Å². The van der Waals surface area contributed by atoms with E-state index in [1.807, 2.05) is 61.5 Å². The molecule has 6 heteroatoms. The first-order valence-corrected chi connectivity index (χ1v) is 9.04. The van der Waals surface area contributed by atoms with E-state index < -0.39 is 0 Å². The van der Waals surface area contributed by atoms with Gasteiger partial charge in [0.15, 0.2) is 5.17 Å². The van der Waals surface area contributed by atoms with Gasteiger partial charge in [0.25, 0.3) is 5.91 Å². The maximum Gasteiger partial charge on any atom is 0.264 e. The molecule has 134 valence electrons. The average molecular weight is 368 g/mol. The van der Waals surface area contributed by atoms with Crippen molar-refractivity contribution in [2.75, 3.05) is 20.3 Å². The Kier molecular flexibility index (Phi) is 6.09. The number of hydrogen-bond acceptors (Lipinski definition) is 5. The Labute approximate surface area is 157 Å². The number of carbonyl (C=O) groups excluding carboxylic acids is 1. The van der Waals surface area contributed by atoms with E-state index in [1.165, 1.54) is 11.8 Å². The van der Waals surface area contributed by atoms with E-state index in [0.717, 1.165) is 22.6 Å². The summed E-state index contributed by atoms with van der Waals surface area (Å²) < 4.78 is 10.6. The molecule has 2 aromatic rings. The van der Waals surface area contributed by atoms with E-state index in [4.69, 9.17) is 9.47 Å². The number of rotatable bonds is 6. The van der Waals surface area contributed by atoms with Crippen molar-refractivity contribution >= 4 is 34.6 Å². The minimum atomic E-state index is -0.145. The van der Waals surface area contributed by atoms with Gasteiger partial charge in [-0.25, -0.2) is 4.99 Å². The minimum Gasteiger partial charge on any atom is -0.491 e. The van der Waals surface area contributed by atoms with E-state index in [-0.39, 0.29) is 5.91 Å². The van der Waals surface area contributed by atoms with Gasteiger partial charge in [-0.1, -0.05) is 30.3 Å². The number of thioether (sulfide) groups is 1. The van der Waals surface area contributed by atoms with Crippen molar-refractivity contribution in [3.63, 3.8) is 0 Å². The van der Waals surface area contributed by atoms with Crippen LogP contribution in [0.4, 0.5) is 5.69 Å². The third kappa shape index (κ3) is 4.74. The lowest BCUT2D eigenvalue weighted by molar-refractivity contribution is -0.115. The summed E-state index contributed by atoms with van der Waals surface area (Å²) in [4.78, 5) is 17.4. The van der Waals surface area contributed by atoms with Gasteiger partial charge in [0.1, 0.15) is 12.4 Å². The summed E-state index contributed by atoms with van der Waals surface area (Å²) in [6.45, 7) is 3.01. The molecule has 0 aliphatic carbocycles. The molecule has 26 heavy (non-hydrogen) atoms. The molecule has 0 radical (unpaired) electrons. The molecule has 1 aliphatic heterocycles. The molecule has 1 N–H and O–H groups in total. The number of amidine groups is 1. The Morgan fingerprint density at radius 3 is 2.81 bits per heavy atom. The molecule has 3 rings (SSSR count). The number of hydrogen-bond donors (Lipinski definition) is 1. The van der Waals surface area contributed by atoms with Crippen LogP contribution in [0.5, 0.6) is 5.75 Å². The number of aliphatic imine (C=N–C) groups is 1. The molecule has 1 heterocycles. The van der Waals surface area contributed by atoms with Gasteiger partial charge in [0, 0.05) is 7.11 Å². The summed E-state index contributed by atoms with van der Waals surface area (Å²) in [5.74, 6) is 0.599. The number of nitrogens with one attached hydrogen (secondary N) is 1. The van der Waals surface area contributed by atoms with Crippen molar-refractivity contribution in [3.05, 3.63) is 64.6 Å². The largest absolute Gasteiger partial charge is 0.491 e. The quantitative estimate of drug-likeness (QED) is 0.620. The molecule has 0 spiro atoms. The van der Waals surface area contributed by atoms with Crippen LogP contribution >= 0.6 is 11.8 Å². The highest BCUT2D eigenvalue weighted by Gasteiger charge is 2.23. The summed E-state index contributed by atoms with van der Waals surface area (Å²) in [6, 6.07) is 15.4. The number of benzene rings is 2. The summed E-state index contributed by atoms with van der Waals surface area (Å²) in [6.07, 6.45) is 1.84. The second-order valence-electron chi connectivity index (χ2n) is 5.68. The Balaban J connectivity index is 1.75. The fourth-order valence-corrected chi connectivity index (χ4v) is 3.20. The van der Waals surface area contributed by atoms with Crippen molar-refractivity contribution in [3.8, 4) is 5.75 Å². The van der Waals surface area contributed by atoms with Crippen molar-refractivity contribution in [2.45, 2.75) is 6.92 Å². The van der Waals surface area contributed by atoms with E-state index in [1.54, 1.807) is 7.11 Å². The normalized spacial score (nSPS) is 16.9. The zero-order valence-electron chi connectivity index (χ0n) is 14.7. The highest BCUT2D eigenvalue weighted by molar-refractivity contribution is 8.18. The van der Waals surface area contributed by atoms with Crippen molar-refractivity contribution in [1.29, 1.82) is 0 Å². The molecule has 5 nitrogen and oxygen atoms in total. The Bertz CT molecular complexity index is 862. The number of nitrogens with zero attached hydrogens (tertiary/aromatic N) is 1. The molecular weight excluding hydrogens is 348 g/mol. The molecule has 0 aromatic heterocycles. The van der Waals surface area contributed by atoms with E-state index >= 15 is 0 Å². The molecule has 1 saturated heterocycles. The second-order valence-corrected chi connectivity index (χ2v) is 6.71. The topological polar surface area (TPSA) is 59.9 Å². The Morgan fingerprint density at radius 2 is 2.00 bits per heavy atom. The zero-order valence-corrected chi connectivity index (χ0v) is 15.5. The molecule has 1 amide bonds. The van der Waals surface area contributed by atoms with Gasteiger partial charge < -0.3 is 14.8 Å². The standard InChI is InChI=1S/C20H20N2O3S/c1-14-6-3-4-9-17(14)21-20-22-19(23)18(26-20)13-15-7-5-8-16(12-15)25-11-10-24-2/h3-9,12-13H,10-11H2,1-2H3,(H,21,22,23)/b18-13-. The van der Waals surface area contributed by atoms with Crippen LogP contribution in [-0.2, 0) is 9.53 Å². The summed E-state index contributed by atoms with van der Waals surface area (Å²) in [7, 11) is 1.64. The number of methoxy groups -OCH3 is 1. The molecular formula is C20H20N2O3S. The highest BCUT2D eigenvalue weighted by Crippen LogP contribution is 2.29. The van der Waals surface area contributed by atoms with Gasteiger partial charge in [0.05, 0.1) is 17.2 Å². The summed E-state index contributed by atoms with van der Waals surface area (Å²) in [5, 5.41) is 3.40. The molecule has 2 aromatic carbocycles. The van der Waals surface area contributed by atoms with Crippen LogP contribution in [0.15, 0.2) is 58.4 Å². The van der Waals surface area contributed by atoms with E-state index in [2.05, 4.69) is 10.3 Å². The Hall–Kier alpha value is -2.57. The van der Waals surface area contributed by atoms with Crippen LogP contribution in [0, 0.1) is 6.92 Å². The molecule has 1 aliphatic rings. The minimum absolute atomic E-state index is 0.145. The van der Waals surface area contributed by atoms with Crippen LogP contribution < -0.4 is 10.1 Å². The fourth-order valence-electron chi connectivity index (χ4n) is 2.37. The summed E-state index contributed by atoms with van der Waals surface area (Å²) >= 11 is 1.33. The lowest BCUT2D eigenvalue weighted by atomic mass is 10.2. The van der Waals surface area contributed by atoms with Crippen LogP contribution in [0.1, 0.15) is 11.1 Å². The van der Waals surface area contributed by atoms with Gasteiger partial charge in [-0.2, -0.15) is 0 Å². The molecule has 0 atom stereocenters. The first-order valence-electron chi connectivity index (χ1n) is 8.23. The molecule has 0 unspecified atom stereocenters. The van der Waals surface area contributed by atoms with Gasteiger partial charge >= 0.3 is 0 Å². The van der Waals surface area contributed by atoms with Crippen LogP contribution in [0.3, 0.4) is 0 Å². The maximum atomic E-state index is 12.2. The third-order valence-corrected chi connectivity index (χ3v) is 4.61. The number of ether oxygens (including phenoxy) is 2. The lowest BCUT2D eigenvalue weighted by Crippen LogP contribution is -2.19. The van der Waals surface area contributed by atoms with Crippen molar-refractivity contribution in [2.24, 2.45) is 4.99 Å². The first-order chi connectivity index (χ1) is 12.7. The predicted molar refractivity (Wildman–Crippen MR) is 106 cm³/mol. The Morgan fingerprint density at radius 1 is 1.15 bits per heavy atom. The third-order valence-electron chi connectivity index (χ3n) is 3.70. The SMILES string of the molecule is COCCOc1cccc(/C=C2\SC(=Nc3ccccc3C)NC2=O)c1. The van der Waals surface area contributed by atoms with Crippen molar-refractivity contribution in [1.82, 2.24) is 5.32 Å². The lowest BCUT2D eigenvalue weighted by Gasteiger charge is -2.06. The highest BCUT2D eigenvalue weighted by atomic mass is 32.2. The van der Waals surface area contributed by atoms with Crippen molar-refractivity contribution < 1.29 is 14.3 Å². The van der Waals surface area contributed by atoms with Gasteiger partial charge in [-0.3, -0.25) is 4.79 Å². The van der Waals surface area contributed by atoms with Gasteiger partial charge in [-0.05, 0) is 54.1 Å². The monoisotopic (exact) mass is 368 g/mol. The van der Waals surface area contributed by atoms with Gasteiger partial charge in [0.2, 0.25) is 0 Å². The number of amides is 1. The maximum absolute atomic E-state index is 12.2. The average Bonchev–Trinajstić information content (AvgIpc) is 2.97. The fraction of sp³-hybridized carbons (Fsp3) is 0.200. The first kappa shape index (κ1) is 18.2. The zero-order chi connectivity index (χ0) is 18.4. The number of aryl methyl sites for hydroxylation is 1. The second kappa shape index (κ2) is 8.69. The number of carbonyl (C=O) groups is 1. The van der Waals surface area contributed by atoms with E-state index in [0.29, 0.717) is 23.3 Å². The molecule has 0 saturated carbocycles. The molecule has 0 bridgehead atoms. The van der Waals surface area contributed by atoms with Crippen LogP contribution in [0.25, 0.3) is 6.08 Å². The van der Waals surface area contributed by atoms with E-state index in [9.17, 15) is 4.79 Å². The van der Waals surface area contributed by atoms with Crippen LogP contribution in [-0.4, -0.2) is 31.4 Å². The number of para-hydroxylation sites is 1. The molecule has 1 fully saturated rings. The predicted octanol–water partition coefficient (Wildman–Crippen LogP) is 3.91. The smallest absolute Gasteiger partial charge is 0.264 e.